The third-order valence-corrected chi connectivity index (χ3v) is 3.78. The van der Waals surface area contributed by atoms with Gasteiger partial charge in [-0.05, 0) is 19.1 Å². The molecule has 0 saturated carbocycles. The molecule has 0 bridgehead atoms. The highest BCUT2D eigenvalue weighted by molar-refractivity contribution is 6.06. The quantitative estimate of drug-likeness (QED) is 0.683. The van der Waals surface area contributed by atoms with E-state index < -0.39 is 11.9 Å². The number of aryl methyl sites for hydroxylation is 1. The molecule has 136 valence electrons. The summed E-state index contributed by atoms with van der Waals surface area (Å²) in [6.07, 6.45) is 2.86. The van der Waals surface area contributed by atoms with Gasteiger partial charge in [0.25, 0.3) is 5.91 Å². The highest BCUT2D eigenvalue weighted by Crippen LogP contribution is 2.20. The number of nitrogens with zero attached hydrogens (tertiary/aromatic N) is 3. The zero-order chi connectivity index (χ0) is 19.4. The van der Waals surface area contributed by atoms with Crippen molar-refractivity contribution in [1.82, 2.24) is 15.0 Å². The van der Waals surface area contributed by atoms with Gasteiger partial charge in [-0.2, -0.15) is 0 Å². The van der Waals surface area contributed by atoms with E-state index in [1.54, 1.807) is 0 Å². The lowest BCUT2D eigenvalue weighted by molar-refractivity contribution is 0.0594. The summed E-state index contributed by atoms with van der Waals surface area (Å²) in [5.41, 5.74) is 8.82. The van der Waals surface area contributed by atoms with Crippen LogP contribution in [0.4, 0.5) is 11.5 Å². The second kappa shape index (κ2) is 7.61. The first kappa shape index (κ1) is 18.0. The lowest BCUT2D eigenvalue weighted by Gasteiger charge is -2.09. The van der Waals surface area contributed by atoms with Crippen LogP contribution in [0.3, 0.4) is 0 Å². The third-order valence-electron chi connectivity index (χ3n) is 3.78. The van der Waals surface area contributed by atoms with Gasteiger partial charge in [0.1, 0.15) is 5.69 Å². The maximum absolute atomic E-state index is 12.5. The molecule has 0 aliphatic heterocycles. The van der Waals surface area contributed by atoms with Crippen molar-refractivity contribution >= 4 is 23.4 Å². The van der Waals surface area contributed by atoms with E-state index >= 15 is 0 Å². The highest BCUT2D eigenvalue weighted by Gasteiger charge is 2.16. The molecular weight excluding hydrogens is 346 g/mol. The molecule has 3 N–H and O–H groups in total. The first-order chi connectivity index (χ1) is 13.0. The Labute approximate surface area is 155 Å². The molecule has 0 aliphatic carbocycles. The zero-order valence-electron chi connectivity index (χ0n) is 14.8. The minimum atomic E-state index is -0.561. The molecule has 3 aromatic rings. The molecule has 2 aromatic heterocycles. The van der Waals surface area contributed by atoms with Gasteiger partial charge in [-0.25, -0.2) is 19.7 Å². The Kier molecular flexibility index (Phi) is 5.07. The molecule has 0 radical (unpaired) electrons. The average Bonchev–Trinajstić information content (AvgIpc) is 2.69. The Bertz CT molecular complexity index is 985. The van der Waals surface area contributed by atoms with Crippen molar-refractivity contribution in [3.05, 3.63) is 65.7 Å². The maximum Gasteiger partial charge on any atom is 0.356 e. The zero-order valence-corrected chi connectivity index (χ0v) is 14.8. The Morgan fingerprint density at radius 3 is 2.41 bits per heavy atom. The monoisotopic (exact) mass is 363 g/mol. The normalized spacial score (nSPS) is 10.3. The SMILES string of the molecule is COC(=O)c1ccc(NC(=O)c2nc(-c3ccc(C)cc3)cnc2N)cn1. The van der Waals surface area contributed by atoms with Crippen LogP contribution in [0.15, 0.2) is 48.8 Å². The molecule has 2 heterocycles. The summed E-state index contributed by atoms with van der Waals surface area (Å²) in [6.45, 7) is 1.98. The molecule has 0 spiro atoms. The van der Waals surface area contributed by atoms with Crippen molar-refractivity contribution in [2.45, 2.75) is 6.92 Å². The molecule has 1 aromatic carbocycles. The van der Waals surface area contributed by atoms with Crippen molar-refractivity contribution < 1.29 is 14.3 Å². The lowest BCUT2D eigenvalue weighted by atomic mass is 10.1. The number of anilines is 2. The number of methoxy groups -OCH3 is 1. The number of nitrogen functional groups attached to an aromatic ring is 1. The number of benzene rings is 1. The summed E-state index contributed by atoms with van der Waals surface area (Å²) in [5.74, 6) is -1.07. The van der Waals surface area contributed by atoms with E-state index in [1.165, 1.54) is 31.6 Å². The summed E-state index contributed by atoms with van der Waals surface area (Å²) in [4.78, 5) is 36.3. The number of amides is 1. The van der Waals surface area contributed by atoms with Gasteiger partial charge in [0.2, 0.25) is 0 Å². The standard InChI is InChI=1S/C19H17N5O3/c1-11-3-5-12(6-4-11)15-10-22-17(20)16(24-15)18(25)23-13-7-8-14(21-9-13)19(26)27-2/h3-10H,1-2H3,(H2,20,22)(H,23,25). The molecule has 0 unspecified atom stereocenters. The summed E-state index contributed by atoms with van der Waals surface area (Å²) in [7, 11) is 1.27. The minimum absolute atomic E-state index is 0.00474. The number of carbonyl (C=O) groups is 2. The average molecular weight is 363 g/mol. The number of rotatable bonds is 4. The first-order valence-electron chi connectivity index (χ1n) is 8.03. The van der Waals surface area contributed by atoms with Gasteiger partial charge in [-0.3, -0.25) is 4.79 Å². The van der Waals surface area contributed by atoms with Crippen molar-refractivity contribution in [2.24, 2.45) is 0 Å². The van der Waals surface area contributed by atoms with E-state index in [0.717, 1.165) is 11.1 Å². The molecule has 0 fully saturated rings. The van der Waals surface area contributed by atoms with Gasteiger partial charge in [0.15, 0.2) is 11.5 Å². The van der Waals surface area contributed by atoms with Crippen LogP contribution in [-0.2, 0) is 4.74 Å². The van der Waals surface area contributed by atoms with Gasteiger partial charge < -0.3 is 15.8 Å². The van der Waals surface area contributed by atoms with E-state index in [1.807, 2.05) is 31.2 Å². The lowest BCUT2D eigenvalue weighted by Crippen LogP contribution is -2.17. The summed E-state index contributed by atoms with van der Waals surface area (Å²) in [5, 5.41) is 2.63. The van der Waals surface area contributed by atoms with Crippen molar-refractivity contribution in [1.29, 1.82) is 0 Å². The number of ether oxygens (including phenoxy) is 1. The van der Waals surface area contributed by atoms with E-state index in [-0.39, 0.29) is 17.2 Å². The highest BCUT2D eigenvalue weighted by atomic mass is 16.5. The topological polar surface area (TPSA) is 120 Å². The largest absolute Gasteiger partial charge is 0.464 e. The van der Waals surface area contributed by atoms with E-state index in [2.05, 4.69) is 25.0 Å². The predicted octanol–water partition coefficient (Wildman–Crippen LogP) is 2.47. The van der Waals surface area contributed by atoms with Crippen LogP contribution in [0.25, 0.3) is 11.3 Å². The number of nitrogens with one attached hydrogen (secondary N) is 1. The molecule has 8 nitrogen and oxygen atoms in total. The number of hydrogen-bond donors (Lipinski definition) is 2. The van der Waals surface area contributed by atoms with E-state index in [0.29, 0.717) is 11.4 Å². The molecule has 3 rings (SSSR count). The fourth-order valence-electron chi connectivity index (χ4n) is 2.31. The number of pyridine rings is 1. The van der Waals surface area contributed by atoms with Crippen LogP contribution in [0.5, 0.6) is 0 Å². The number of esters is 1. The number of carbonyl (C=O) groups excluding carboxylic acids is 2. The smallest absolute Gasteiger partial charge is 0.356 e. The van der Waals surface area contributed by atoms with Gasteiger partial charge >= 0.3 is 5.97 Å². The molecule has 0 atom stereocenters. The molecule has 27 heavy (non-hydrogen) atoms. The van der Waals surface area contributed by atoms with Crippen LogP contribution >= 0.6 is 0 Å². The van der Waals surface area contributed by atoms with E-state index in [4.69, 9.17) is 5.73 Å². The molecule has 0 aliphatic rings. The fourth-order valence-corrected chi connectivity index (χ4v) is 2.31. The second-order valence-corrected chi connectivity index (χ2v) is 5.73. The Balaban J connectivity index is 1.83. The Morgan fingerprint density at radius 2 is 1.78 bits per heavy atom. The number of aromatic nitrogens is 3. The van der Waals surface area contributed by atoms with Gasteiger partial charge in [-0.1, -0.05) is 29.8 Å². The summed E-state index contributed by atoms with van der Waals surface area (Å²) in [6, 6.07) is 10.7. The van der Waals surface area contributed by atoms with Crippen molar-refractivity contribution in [3.8, 4) is 11.3 Å². The van der Waals surface area contributed by atoms with Crippen LogP contribution in [0.1, 0.15) is 26.5 Å². The third kappa shape index (κ3) is 4.06. The predicted molar refractivity (Wildman–Crippen MR) is 100 cm³/mol. The van der Waals surface area contributed by atoms with Crippen LogP contribution in [0, 0.1) is 6.92 Å². The number of nitrogens with two attached hydrogens (primary N) is 1. The summed E-state index contributed by atoms with van der Waals surface area (Å²) < 4.78 is 4.58. The Morgan fingerprint density at radius 1 is 1.04 bits per heavy atom. The van der Waals surface area contributed by atoms with Crippen LogP contribution < -0.4 is 11.1 Å². The number of hydrogen-bond acceptors (Lipinski definition) is 7. The minimum Gasteiger partial charge on any atom is -0.464 e. The van der Waals surface area contributed by atoms with Crippen LogP contribution in [0.2, 0.25) is 0 Å². The molecule has 8 heteroatoms. The summed E-state index contributed by atoms with van der Waals surface area (Å²) >= 11 is 0. The molecule has 0 saturated heterocycles. The Hall–Kier alpha value is -3.81. The van der Waals surface area contributed by atoms with Gasteiger partial charge in [-0.15, -0.1) is 0 Å². The maximum atomic E-state index is 12.5. The first-order valence-corrected chi connectivity index (χ1v) is 8.03. The van der Waals surface area contributed by atoms with Crippen molar-refractivity contribution in [3.63, 3.8) is 0 Å². The molecule has 1 amide bonds. The molecular formula is C19H17N5O3. The van der Waals surface area contributed by atoms with Crippen molar-refractivity contribution in [2.75, 3.05) is 18.2 Å². The van der Waals surface area contributed by atoms with Crippen LogP contribution in [-0.4, -0.2) is 33.9 Å². The fraction of sp³-hybridized carbons (Fsp3) is 0.105. The van der Waals surface area contributed by atoms with Gasteiger partial charge in [0.05, 0.1) is 30.9 Å². The van der Waals surface area contributed by atoms with Gasteiger partial charge in [0, 0.05) is 5.56 Å². The second-order valence-electron chi connectivity index (χ2n) is 5.73. The van der Waals surface area contributed by atoms with E-state index in [9.17, 15) is 9.59 Å².